The molecular formula is C16H17N5O3S. The molecule has 1 aliphatic rings. The molecule has 2 heterocycles. The average Bonchev–Trinajstić information content (AvgIpc) is 3.23. The van der Waals surface area contributed by atoms with E-state index in [2.05, 4.69) is 19.8 Å². The molecule has 2 aromatic heterocycles. The highest BCUT2D eigenvalue weighted by Crippen LogP contribution is 2.25. The lowest BCUT2D eigenvalue weighted by molar-refractivity contribution is 0.210. The second kappa shape index (κ2) is 6.32. The van der Waals surface area contributed by atoms with Crippen LogP contribution in [0.15, 0.2) is 47.6 Å². The summed E-state index contributed by atoms with van der Waals surface area (Å²) >= 11 is 0. The first-order chi connectivity index (χ1) is 12.1. The fourth-order valence-electron chi connectivity index (χ4n) is 2.85. The molecule has 0 atom stereocenters. The summed E-state index contributed by atoms with van der Waals surface area (Å²) in [7, 11) is -3.78. The first-order valence-corrected chi connectivity index (χ1v) is 9.55. The summed E-state index contributed by atoms with van der Waals surface area (Å²) in [5, 5.41) is 4.04. The molecule has 0 aliphatic heterocycles. The van der Waals surface area contributed by atoms with Crippen LogP contribution in [0.3, 0.4) is 0 Å². The Labute approximate surface area is 144 Å². The van der Waals surface area contributed by atoms with Gasteiger partial charge in [0.15, 0.2) is 0 Å². The van der Waals surface area contributed by atoms with Crippen LogP contribution < -0.4 is 9.46 Å². The minimum absolute atomic E-state index is 0.0232. The zero-order chi connectivity index (χ0) is 17.3. The molecule has 0 unspecified atom stereocenters. The van der Waals surface area contributed by atoms with E-state index in [-0.39, 0.29) is 16.9 Å². The number of nitrogens with one attached hydrogen (secondary N) is 1. The van der Waals surface area contributed by atoms with Gasteiger partial charge in [-0.1, -0.05) is 0 Å². The van der Waals surface area contributed by atoms with E-state index in [1.54, 1.807) is 30.6 Å². The summed E-state index contributed by atoms with van der Waals surface area (Å²) in [6, 6.07) is 8.06. The smallest absolute Gasteiger partial charge is 0.264 e. The lowest BCUT2D eigenvalue weighted by Gasteiger charge is -2.13. The number of fused-ring (bicyclic) bond motifs is 1. The summed E-state index contributed by atoms with van der Waals surface area (Å²) < 4.78 is 34.6. The normalized spacial score (nSPS) is 15.5. The van der Waals surface area contributed by atoms with Crippen molar-refractivity contribution < 1.29 is 13.2 Å². The third-order valence-corrected chi connectivity index (χ3v) is 5.43. The standard InChI is InChI=1S/C16H17N5O3S/c22-25(23,20-15-18-16-17-10-3-11-21(16)19-15)14-8-6-13(7-9-14)24-12-4-1-2-5-12/h3,6-12H,1-2,4-5H2,(H,19,20). The van der Waals surface area contributed by atoms with Crippen LogP contribution in [0.5, 0.6) is 5.75 Å². The maximum atomic E-state index is 12.5. The average molecular weight is 359 g/mol. The highest BCUT2D eigenvalue weighted by atomic mass is 32.2. The second-order valence-corrected chi connectivity index (χ2v) is 7.58. The molecule has 0 radical (unpaired) electrons. The zero-order valence-electron chi connectivity index (χ0n) is 13.4. The Bertz CT molecular complexity index is 945. The van der Waals surface area contributed by atoms with Crippen molar-refractivity contribution >= 4 is 21.7 Å². The summed E-state index contributed by atoms with van der Waals surface area (Å²) in [4.78, 5) is 8.16. The van der Waals surface area contributed by atoms with Gasteiger partial charge in [-0.3, -0.25) is 0 Å². The summed E-state index contributed by atoms with van der Waals surface area (Å²) in [6.45, 7) is 0. The maximum absolute atomic E-state index is 12.5. The van der Waals surface area contributed by atoms with Crippen LogP contribution >= 0.6 is 0 Å². The van der Waals surface area contributed by atoms with Crippen LogP contribution in [0.2, 0.25) is 0 Å². The van der Waals surface area contributed by atoms with Gasteiger partial charge < -0.3 is 4.74 Å². The van der Waals surface area contributed by atoms with Crippen molar-refractivity contribution in [1.29, 1.82) is 0 Å². The molecule has 130 valence electrons. The predicted molar refractivity (Wildman–Crippen MR) is 90.9 cm³/mol. The molecule has 0 spiro atoms. The maximum Gasteiger partial charge on any atom is 0.264 e. The Balaban J connectivity index is 1.50. The van der Waals surface area contributed by atoms with Gasteiger partial charge in [-0.05, 0) is 56.0 Å². The van der Waals surface area contributed by atoms with E-state index in [0.29, 0.717) is 11.5 Å². The van der Waals surface area contributed by atoms with Crippen molar-refractivity contribution in [2.75, 3.05) is 4.72 Å². The number of anilines is 1. The summed E-state index contributed by atoms with van der Waals surface area (Å²) in [5.41, 5.74) is 0. The zero-order valence-corrected chi connectivity index (χ0v) is 14.2. The topological polar surface area (TPSA) is 98.5 Å². The molecule has 0 saturated heterocycles. The lowest BCUT2D eigenvalue weighted by atomic mass is 10.3. The fourth-order valence-corrected chi connectivity index (χ4v) is 3.79. The first kappa shape index (κ1) is 15.8. The number of hydrogen-bond donors (Lipinski definition) is 1. The largest absolute Gasteiger partial charge is 0.490 e. The molecule has 1 aliphatic carbocycles. The third-order valence-electron chi connectivity index (χ3n) is 4.08. The van der Waals surface area contributed by atoms with Crippen LogP contribution in [0.25, 0.3) is 5.78 Å². The van der Waals surface area contributed by atoms with Crippen LogP contribution in [0, 0.1) is 0 Å². The van der Waals surface area contributed by atoms with Crippen molar-refractivity contribution in [1.82, 2.24) is 19.6 Å². The van der Waals surface area contributed by atoms with E-state index in [1.165, 1.54) is 29.5 Å². The molecular weight excluding hydrogens is 342 g/mol. The molecule has 9 heteroatoms. The first-order valence-electron chi connectivity index (χ1n) is 8.07. The third kappa shape index (κ3) is 3.41. The van der Waals surface area contributed by atoms with E-state index >= 15 is 0 Å². The minimum Gasteiger partial charge on any atom is -0.490 e. The van der Waals surface area contributed by atoms with E-state index in [0.717, 1.165) is 12.8 Å². The van der Waals surface area contributed by atoms with Gasteiger partial charge in [0.2, 0.25) is 0 Å². The number of nitrogens with zero attached hydrogens (tertiary/aromatic N) is 4. The molecule has 0 amide bonds. The molecule has 4 rings (SSSR count). The van der Waals surface area contributed by atoms with E-state index in [1.807, 2.05) is 0 Å². The molecule has 1 saturated carbocycles. The number of hydrogen-bond acceptors (Lipinski definition) is 6. The molecule has 1 aromatic carbocycles. The van der Waals surface area contributed by atoms with Crippen LogP contribution in [-0.2, 0) is 10.0 Å². The highest BCUT2D eigenvalue weighted by Gasteiger charge is 2.19. The van der Waals surface area contributed by atoms with Gasteiger partial charge in [0.25, 0.3) is 21.7 Å². The van der Waals surface area contributed by atoms with Crippen LogP contribution in [0.1, 0.15) is 25.7 Å². The number of sulfonamides is 1. The second-order valence-electron chi connectivity index (χ2n) is 5.90. The molecule has 0 bridgehead atoms. The predicted octanol–water partition coefficient (Wildman–Crippen LogP) is 2.25. The number of benzene rings is 1. The Morgan fingerprint density at radius 3 is 2.64 bits per heavy atom. The van der Waals surface area contributed by atoms with Crippen molar-refractivity contribution in [3.8, 4) is 5.75 Å². The van der Waals surface area contributed by atoms with E-state index in [9.17, 15) is 8.42 Å². The van der Waals surface area contributed by atoms with Crippen LogP contribution in [0.4, 0.5) is 5.95 Å². The molecule has 8 nitrogen and oxygen atoms in total. The van der Waals surface area contributed by atoms with Crippen molar-refractivity contribution in [3.05, 3.63) is 42.7 Å². The highest BCUT2D eigenvalue weighted by molar-refractivity contribution is 7.92. The van der Waals surface area contributed by atoms with Crippen molar-refractivity contribution in [2.24, 2.45) is 0 Å². The number of ether oxygens (including phenoxy) is 1. The SMILES string of the molecule is O=S(=O)(Nc1nc2ncccn2n1)c1ccc(OC2CCCC2)cc1. The van der Waals surface area contributed by atoms with Gasteiger partial charge in [0.05, 0.1) is 11.0 Å². The van der Waals surface area contributed by atoms with E-state index in [4.69, 9.17) is 4.74 Å². The van der Waals surface area contributed by atoms with Crippen LogP contribution in [-0.4, -0.2) is 34.1 Å². The Kier molecular flexibility index (Phi) is 4.00. The summed E-state index contributed by atoms with van der Waals surface area (Å²) in [5.74, 6) is 0.978. The fraction of sp³-hybridized carbons (Fsp3) is 0.312. The minimum atomic E-state index is -3.78. The monoisotopic (exact) mass is 359 g/mol. The van der Waals surface area contributed by atoms with Gasteiger partial charge in [0.1, 0.15) is 5.75 Å². The van der Waals surface area contributed by atoms with Gasteiger partial charge in [0, 0.05) is 12.4 Å². The van der Waals surface area contributed by atoms with Gasteiger partial charge in [-0.25, -0.2) is 22.6 Å². The molecule has 25 heavy (non-hydrogen) atoms. The number of aromatic nitrogens is 4. The van der Waals surface area contributed by atoms with Gasteiger partial charge in [-0.15, -0.1) is 5.10 Å². The number of rotatable bonds is 5. The quantitative estimate of drug-likeness (QED) is 0.750. The molecule has 1 fully saturated rings. The molecule has 3 aromatic rings. The Morgan fingerprint density at radius 2 is 1.92 bits per heavy atom. The van der Waals surface area contributed by atoms with Crippen molar-refractivity contribution in [2.45, 2.75) is 36.7 Å². The summed E-state index contributed by atoms with van der Waals surface area (Å²) in [6.07, 6.45) is 7.90. The molecule has 1 N–H and O–H groups in total. The Morgan fingerprint density at radius 1 is 1.16 bits per heavy atom. The Hall–Kier alpha value is -2.68. The van der Waals surface area contributed by atoms with Gasteiger partial charge >= 0.3 is 0 Å². The van der Waals surface area contributed by atoms with Crippen molar-refractivity contribution in [3.63, 3.8) is 0 Å². The van der Waals surface area contributed by atoms with Gasteiger partial charge in [-0.2, -0.15) is 4.98 Å². The van der Waals surface area contributed by atoms with E-state index < -0.39 is 10.0 Å². The lowest BCUT2D eigenvalue weighted by Crippen LogP contribution is -2.14.